The number of thiol groups is 1. The maximum atomic E-state index is 11.2. The number of nitrogens with zero attached hydrogens (tertiary/aromatic N) is 1. The first-order valence-electron chi connectivity index (χ1n) is 5.32. The van der Waals surface area contributed by atoms with Gasteiger partial charge in [0.2, 0.25) is 0 Å². The van der Waals surface area contributed by atoms with Crippen molar-refractivity contribution in [2.24, 2.45) is 0 Å². The monoisotopic (exact) mass is 277 g/mol. The summed E-state index contributed by atoms with van der Waals surface area (Å²) in [6, 6.07) is 0. The van der Waals surface area contributed by atoms with Crippen LogP contribution >= 0.6 is 24.4 Å². The zero-order valence-corrected chi connectivity index (χ0v) is 11.1. The first kappa shape index (κ1) is 13.0. The molecule has 8 heteroatoms. The molecule has 96 valence electrons. The Balaban J connectivity index is 1.78. The van der Waals surface area contributed by atoms with Crippen molar-refractivity contribution in [3.05, 3.63) is 0 Å². The molecule has 2 saturated heterocycles. The van der Waals surface area contributed by atoms with E-state index in [1.54, 1.807) is 12.1 Å². The Bertz CT molecular complexity index is 329. The van der Waals surface area contributed by atoms with Crippen molar-refractivity contribution in [1.82, 2.24) is 15.8 Å². The number of hydrazine groups is 1. The van der Waals surface area contributed by atoms with Crippen LogP contribution in [0.25, 0.3) is 0 Å². The minimum Gasteiger partial charge on any atom is -0.376 e. The highest BCUT2D eigenvalue weighted by Gasteiger charge is 2.31. The van der Waals surface area contributed by atoms with Gasteiger partial charge in [-0.1, -0.05) is 0 Å². The van der Waals surface area contributed by atoms with Gasteiger partial charge in [-0.05, 0) is 6.42 Å². The van der Waals surface area contributed by atoms with Crippen molar-refractivity contribution in [1.29, 1.82) is 0 Å². The second-order valence-electron chi connectivity index (χ2n) is 4.06. The summed E-state index contributed by atoms with van der Waals surface area (Å²) in [6.07, 6.45) is 1.10. The summed E-state index contributed by atoms with van der Waals surface area (Å²) in [5, 5.41) is 4.50. The van der Waals surface area contributed by atoms with Crippen LogP contribution in [0, 0.1) is 0 Å². The topological polar surface area (TPSA) is 70.7 Å². The SMILES string of the molecule is CN1NC(=O)C(=O)NC1SC[C@@H]1C[C@@H](S)CO1. The number of rotatable bonds is 3. The molecule has 2 amide bonds. The van der Waals surface area contributed by atoms with Gasteiger partial charge in [-0.2, -0.15) is 17.6 Å². The van der Waals surface area contributed by atoms with Gasteiger partial charge < -0.3 is 10.1 Å². The Morgan fingerprint density at radius 2 is 2.29 bits per heavy atom. The van der Waals surface area contributed by atoms with Crippen LogP contribution in [0.5, 0.6) is 0 Å². The van der Waals surface area contributed by atoms with E-state index < -0.39 is 11.8 Å². The Morgan fingerprint density at radius 1 is 1.53 bits per heavy atom. The molecule has 0 aromatic rings. The molecule has 2 aliphatic rings. The van der Waals surface area contributed by atoms with E-state index in [9.17, 15) is 9.59 Å². The van der Waals surface area contributed by atoms with E-state index in [1.807, 2.05) is 0 Å². The van der Waals surface area contributed by atoms with Crippen LogP contribution in [0.3, 0.4) is 0 Å². The molecule has 3 atom stereocenters. The van der Waals surface area contributed by atoms with Crippen molar-refractivity contribution in [3.63, 3.8) is 0 Å². The molecule has 2 heterocycles. The summed E-state index contributed by atoms with van der Waals surface area (Å²) < 4.78 is 5.52. The molecule has 2 fully saturated rings. The standard InChI is InChI=1S/C9H15N3O3S2/c1-12-9(10-7(13)8(14)11-12)17-4-5-2-6(16)3-15-5/h5-6,9,16H,2-4H2,1H3,(H,10,13)(H,11,14)/t5-,6+,9?/m0/s1. The van der Waals surface area contributed by atoms with Gasteiger partial charge in [-0.25, -0.2) is 0 Å². The van der Waals surface area contributed by atoms with Gasteiger partial charge in [0.1, 0.15) is 5.50 Å². The van der Waals surface area contributed by atoms with E-state index >= 15 is 0 Å². The van der Waals surface area contributed by atoms with E-state index in [0.717, 1.165) is 12.2 Å². The quantitative estimate of drug-likeness (QED) is 0.465. The molecule has 2 aliphatic heterocycles. The van der Waals surface area contributed by atoms with E-state index in [4.69, 9.17) is 4.74 Å². The second-order valence-corrected chi connectivity index (χ2v) is 5.90. The third-order valence-electron chi connectivity index (χ3n) is 2.59. The lowest BCUT2D eigenvalue weighted by Crippen LogP contribution is -2.62. The lowest BCUT2D eigenvalue weighted by Gasteiger charge is -2.32. The smallest absolute Gasteiger partial charge is 0.323 e. The normalized spacial score (nSPS) is 34.6. The molecule has 2 rings (SSSR count). The van der Waals surface area contributed by atoms with Crippen LogP contribution in [-0.4, -0.2) is 53.1 Å². The van der Waals surface area contributed by atoms with E-state index in [2.05, 4.69) is 23.4 Å². The fourth-order valence-corrected chi connectivity index (χ4v) is 3.12. The molecule has 0 bridgehead atoms. The lowest BCUT2D eigenvalue weighted by molar-refractivity contribution is -0.146. The van der Waals surface area contributed by atoms with Crippen molar-refractivity contribution < 1.29 is 14.3 Å². The van der Waals surface area contributed by atoms with Crippen molar-refractivity contribution in [2.45, 2.75) is 23.3 Å². The molecule has 0 aromatic carbocycles. The third-order valence-corrected chi connectivity index (χ3v) is 4.26. The van der Waals surface area contributed by atoms with Crippen LogP contribution < -0.4 is 10.7 Å². The highest BCUT2D eigenvalue weighted by molar-refractivity contribution is 7.99. The fourth-order valence-electron chi connectivity index (χ4n) is 1.70. The zero-order chi connectivity index (χ0) is 12.4. The molecule has 0 saturated carbocycles. The Labute approximate surface area is 109 Å². The number of hydrogen-bond acceptors (Lipinski definition) is 6. The van der Waals surface area contributed by atoms with Crippen molar-refractivity contribution in [3.8, 4) is 0 Å². The number of amides is 2. The highest BCUT2D eigenvalue weighted by atomic mass is 32.2. The first-order chi connectivity index (χ1) is 8.06. The number of carbonyl (C=O) groups excluding carboxylic acids is 2. The average molecular weight is 277 g/mol. The third kappa shape index (κ3) is 3.27. The second kappa shape index (κ2) is 5.47. The van der Waals surface area contributed by atoms with Crippen LogP contribution in [0.15, 0.2) is 0 Å². The first-order valence-corrected chi connectivity index (χ1v) is 6.88. The van der Waals surface area contributed by atoms with Crippen LogP contribution in [0.2, 0.25) is 0 Å². The molecule has 2 N–H and O–H groups in total. The summed E-state index contributed by atoms with van der Waals surface area (Å²) in [4.78, 5) is 22.2. The molecule has 1 unspecified atom stereocenters. The van der Waals surface area contributed by atoms with E-state index in [0.29, 0.717) is 11.9 Å². The minimum absolute atomic E-state index is 0.172. The molecular weight excluding hydrogens is 262 g/mol. The summed E-state index contributed by atoms with van der Waals surface area (Å²) in [5.41, 5.74) is 2.22. The maximum absolute atomic E-state index is 11.2. The molecule has 0 radical (unpaired) electrons. The van der Waals surface area contributed by atoms with Crippen molar-refractivity contribution in [2.75, 3.05) is 19.4 Å². The number of ether oxygens (including phenoxy) is 1. The van der Waals surface area contributed by atoms with Gasteiger partial charge >= 0.3 is 11.8 Å². The largest absolute Gasteiger partial charge is 0.376 e. The number of carbonyl (C=O) groups is 2. The van der Waals surface area contributed by atoms with Gasteiger partial charge in [0.15, 0.2) is 0 Å². The molecule has 17 heavy (non-hydrogen) atoms. The molecule has 6 nitrogen and oxygen atoms in total. The summed E-state index contributed by atoms with van der Waals surface area (Å²) in [5.74, 6) is -0.459. The van der Waals surface area contributed by atoms with E-state index in [1.165, 1.54) is 11.8 Å². The molecule has 0 aromatic heterocycles. The summed E-state index contributed by atoms with van der Waals surface area (Å²) in [6.45, 7) is 0.679. The summed E-state index contributed by atoms with van der Waals surface area (Å²) >= 11 is 5.87. The van der Waals surface area contributed by atoms with Crippen LogP contribution in [-0.2, 0) is 14.3 Å². The molecule has 0 aliphatic carbocycles. The van der Waals surface area contributed by atoms with Crippen LogP contribution in [0.4, 0.5) is 0 Å². The average Bonchev–Trinajstić information content (AvgIpc) is 2.68. The maximum Gasteiger partial charge on any atom is 0.323 e. The van der Waals surface area contributed by atoms with Crippen LogP contribution in [0.1, 0.15) is 6.42 Å². The van der Waals surface area contributed by atoms with Gasteiger partial charge in [0.05, 0.1) is 12.7 Å². The number of thioether (sulfide) groups is 1. The fraction of sp³-hybridized carbons (Fsp3) is 0.778. The Kier molecular flexibility index (Phi) is 4.18. The predicted molar refractivity (Wildman–Crippen MR) is 67.4 cm³/mol. The number of hydrogen-bond donors (Lipinski definition) is 3. The summed E-state index contributed by atoms with van der Waals surface area (Å²) in [7, 11) is 1.71. The van der Waals surface area contributed by atoms with E-state index in [-0.39, 0.29) is 11.6 Å². The van der Waals surface area contributed by atoms with Gasteiger partial charge in [-0.3, -0.25) is 15.0 Å². The van der Waals surface area contributed by atoms with Gasteiger partial charge in [0, 0.05) is 18.1 Å². The Hall–Kier alpha value is -0.440. The zero-order valence-electron chi connectivity index (χ0n) is 9.38. The van der Waals surface area contributed by atoms with Gasteiger partial charge in [0.25, 0.3) is 0 Å². The lowest BCUT2D eigenvalue weighted by atomic mass is 10.3. The minimum atomic E-state index is -0.628. The van der Waals surface area contributed by atoms with Crippen molar-refractivity contribution >= 4 is 36.2 Å². The highest BCUT2D eigenvalue weighted by Crippen LogP contribution is 2.23. The Morgan fingerprint density at radius 3 is 2.94 bits per heavy atom. The molecule has 0 spiro atoms. The molecular formula is C9H15N3O3S2. The van der Waals surface area contributed by atoms with Gasteiger partial charge in [-0.15, -0.1) is 11.8 Å². The number of nitrogens with one attached hydrogen (secondary N) is 2. The predicted octanol–water partition coefficient (Wildman–Crippen LogP) is -0.817.